The Bertz CT molecular complexity index is 776. The van der Waals surface area contributed by atoms with Crippen molar-refractivity contribution < 1.29 is 14.3 Å². The van der Waals surface area contributed by atoms with Crippen LogP contribution in [0.2, 0.25) is 5.02 Å². The van der Waals surface area contributed by atoms with Gasteiger partial charge in [0.2, 0.25) is 0 Å². The van der Waals surface area contributed by atoms with Crippen LogP contribution in [-0.2, 0) is 4.79 Å². The van der Waals surface area contributed by atoms with E-state index in [4.69, 9.17) is 16.3 Å². The van der Waals surface area contributed by atoms with Crippen molar-refractivity contribution in [1.29, 1.82) is 0 Å². The Morgan fingerprint density at radius 2 is 1.96 bits per heavy atom. The van der Waals surface area contributed by atoms with Crippen LogP contribution in [0.5, 0.6) is 5.75 Å². The molecule has 0 aliphatic carbocycles. The molecule has 7 heteroatoms. The average Bonchev–Trinajstić information content (AvgIpc) is 2.65. The molecular formula is C19H20ClN3O3. The number of carbonyl (C=O) groups excluding carboxylic acids is 2. The molecule has 6 nitrogen and oxygen atoms in total. The first-order valence-electron chi connectivity index (χ1n) is 8.17. The minimum absolute atomic E-state index is 0.181. The molecule has 0 spiro atoms. The molecule has 0 heterocycles. The molecule has 136 valence electrons. The zero-order valence-electron chi connectivity index (χ0n) is 14.4. The van der Waals surface area contributed by atoms with Crippen LogP contribution in [0, 0.1) is 0 Å². The van der Waals surface area contributed by atoms with Gasteiger partial charge in [0.05, 0.1) is 19.4 Å². The van der Waals surface area contributed by atoms with Crippen LogP contribution >= 0.6 is 11.6 Å². The van der Waals surface area contributed by atoms with Crippen molar-refractivity contribution in [2.45, 2.75) is 13.3 Å². The van der Waals surface area contributed by atoms with Crippen molar-refractivity contribution in [2.75, 3.05) is 13.2 Å². The third kappa shape index (κ3) is 6.57. The lowest BCUT2D eigenvalue weighted by molar-refractivity contribution is -0.120. The predicted molar refractivity (Wildman–Crippen MR) is 102 cm³/mol. The summed E-state index contributed by atoms with van der Waals surface area (Å²) in [5.74, 6) is -0.0722. The quantitative estimate of drug-likeness (QED) is 0.551. The molecule has 0 atom stereocenters. The molecule has 2 rings (SSSR count). The number of carbonyl (C=O) groups is 2. The van der Waals surface area contributed by atoms with Crippen molar-refractivity contribution in [3.05, 3.63) is 64.7 Å². The summed E-state index contributed by atoms with van der Waals surface area (Å²) >= 11 is 5.86. The summed E-state index contributed by atoms with van der Waals surface area (Å²) in [5, 5.41) is 6.94. The van der Waals surface area contributed by atoms with E-state index < -0.39 is 5.91 Å². The summed E-state index contributed by atoms with van der Waals surface area (Å²) in [4.78, 5) is 23.7. The Balaban J connectivity index is 1.76. The van der Waals surface area contributed by atoms with Crippen molar-refractivity contribution in [2.24, 2.45) is 5.10 Å². The van der Waals surface area contributed by atoms with Gasteiger partial charge in [-0.25, -0.2) is 5.43 Å². The Hall–Kier alpha value is -2.86. The second-order valence-corrected chi connectivity index (χ2v) is 5.84. The van der Waals surface area contributed by atoms with Crippen LogP contribution < -0.4 is 15.5 Å². The second-order valence-electron chi connectivity index (χ2n) is 5.40. The first-order chi connectivity index (χ1) is 12.6. The highest BCUT2D eigenvalue weighted by atomic mass is 35.5. The molecule has 0 unspecified atom stereocenters. The fourth-order valence-corrected chi connectivity index (χ4v) is 2.19. The lowest BCUT2D eigenvalue weighted by atomic mass is 10.2. The number of hydrogen-bond donors (Lipinski definition) is 2. The minimum atomic E-state index is -0.431. The Morgan fingerprint density at radius 1 is 1.19 bits per heavy atom. The topological polar surface area (TPSA) is 79.8 Å². The van der Waals surface area contributed by atoms with Crippen LogP contribution in [0.1, 0.15) is 29.3 Å². The fraction of sp³-hybridized carbons (Fsp3) is 0.211. The smallest absolute Gasteiger partial charge is 0.259 e. The maximum Gasteiger partial charge on any atom is 0.259 e. The predicted octanol–water partition coefficient (Wildman–Crippen LogP) is 3.01. The number of amides is 2. The van der Waals surface area contributed by atoms with Gasteiger partial charge < -0.3 is 10.1 Å². The minimum Gasteiger partial charge on any atom is -0.494 e. The van der Waals surface area contributed by atoms with Crippen molar-refractivity contribution in [3.8, 4) is 5.75 Å². The Kier molecular flexibility index (Phi) is 7.64. The molecular weight excluding hydrogens is 354 g/mol. The highest BCUT2D eigenvalue weighted by Gasteiger charge is 2.07. The van der Waals surface area contributed by atoms with E-state index in [0.29, 0.717) is 22.9 Å². The number of benzene rings is 2. The van der Waals surface area contributed by atoms with Crippen molar-refractivity contribution >= 4 is 29.6 Å². The van der Waals surface area contributed by atoms with Crippen LogP contribution in [0.15, 0.2) is 53.6 Å². The number of nitrogens with one attached hydrogen (secondary N) is 2. The lowest BCUT2D eigenvalue weighted by Crippen LogP contribution is -2.34. The van der Waals surface area contributed by atoms with E-state index in [2.05, 4.69) is 15.8 Å². The number of ether oxygens (including phenoxy) is 1. The fourth-order valence-electron chi connectivity index (χ4n) is 1.99. The summed E-state index contributed by atoms with van der Waals surface area (Å²) in [5.41, 5.74) is 3.55. The van der Waals surface area contributed by atoms with E-state index in [1.807, 2.05) is 6.92 Å². The molecule has 2 amide bonds. The Morgan fingerprint density at radius 3 is 2.65 bits per heavy atom. The van der Waals surface area contributed by atoms with Gasteiger partial charge in [0.25, 0.3) is 11.8 Å². The van der Waals surface area contributed by atoms with Crippen molar-refractivity contribution in [1.82, 2.24) is 10.7 Å². The third-order valence-electron chi connectivity index (χ3n) is 3.25. The summed E-state index contributed by atoms with van der Waals surface area (Å²) in [7, 11) is 0. The van der Waals surface area contributed by atoms with E-state index in [1.165, 1.54) is 6.21 Å². The number of halogens is 1. The van der Waals surface area contributed by atoms with Crippen LogP contribution in [0.4, 0.5) is 0 Å². The van der Waals surface area contributed by atoms with Gasteiger partial charge in [-0.15, -0.1) is 0 Å². The zero-order chi connectivity index (χ0) is 18.8. The number of nitrogens with zero attached hydrogens (tertiary/aromatic N) is 1. The lowest BCUT2D eigenvalue weighted by Gasteiger charge is -2.07. The van der Waals surface area contributed by atoms with E-state index in [-0.39, 0.29) is 12.5 Å². The number of hydrogen-bond acceptors (Lipinski definition) is 4. The molecule has 0 fully saturated rings. The van der Waals surface area contributed by atoms with Crippen LogP contribution in [0.25, 0.3) is 0 Å². The van der Waals surface area contributed by atoms with Gasteiger partial charge >= 0.3 is 0 Å². The van der Waals surface area contributed by atoms with Gasteiger partial charge in [-0.3, -0.25) is 9.59 Å². The molecule has 26 heavy (non-hydrogen) atoms. The van der Waals surface area contributed by atoms with E-state index in [9.17, 15) is 9.59 Å². The summed E-state index contributed by atoms with van der Waals surface area (Å²) in [6.07, 6.45) is 2.39. The molecule has 0 aliphatic rings. The van der Waals surface area contributed by atoms with E-state index in [0.717, 1.165) is 12.0 Å². The van der Waals surface area contributed by atoms with Crippen LogP contribution in [-0.4, -0.2) is 31.2 Å². The molecule has 2 N–H and O–H groups in total. The molecule has 0 saturated carbocycles. The van der Waals surface area contributed by atoms with Crippen molar-refractivity contribution in [3.63, 3.8) is 0 Å². The standard InChI is InChI=1S/C19H20ClN3O3/c1-2-10-26-17-8-6-15(7-9-17)19(25)21-13-18(24)23-22-12-14-4-3-5-16(20)11-14/h3-9,11-12H,2,10,13H2,1H3,(H,21,25)(H,23,24)/b22-12+. The third-order valence-corrected chi connectivity index (χ3v) is 3.49. The maximum absolute atomic E-state index is 12.0. The molecule has 0 saturated heterocycles. The molecule has 0 bridgehead atoms. The van der Waals surface area contributed by atoms with Gasteiger partial charge in [-0.05, 0) is 48.4 Å². The normalized spacial score (nSPS) is 10.5. The SMILES string of the molecule is CCCOc1ccc(C(=O)NCC(=O)N/N=C/c2cccc(Cl)c2)cc1. The second kappa shape index (κ2) is 10.2. The summed E-state index contributed by atoms with van der Waals surface area (Å²) in [6, 6.07) is 13.8. The monoisotopic (exact) mass is 373 g/mol. The maximum atomic E-state index is 12.0. The summed E-state index contributed by atoms with van der Waals surface area (Å²) in [6.45, 7) is 2.47. The number of hydrazone groups is 1. The largest absolute Gasteiger partial charge is 0.494 e. The van der Waals surface area contributed by atoms with Gasteiger partial charge in [0.15, 0.2) is 0 Å². The molecule has 2 aromatic rings. The van der Waals surface area contributed by atoms with E-state index in [1.54, 1.807) is 48.5 Å². The highest BCUT2D eigenvalue weighted by molar-refractivity contribution is 6.30. The number of rotatable bonds is 8. The Labute approximate surface area is 157 Å². The highest BCUT2D eigenvalue weighted by Crippen LogP contribution is 2.12. The van der Waals surface area contributed by atoms with Gasteiger partial charge in [-0.2, -0.15) is 5.10 Å². The molecule has 0 aliphatic heterocycles. The van der Waals surface area contributed by atoms with Gasteiger partial charge in [0, 0.05) is 10.6 Å². The first-order valence-corrected chi connectivity index (χ1v) is 8.55. The molecule has 0 aromatic heterocycles. The average molecular weight is 374 g/mol. The molecule has 2 aromatic carbocycles. The summed E-state index contributed by atoms with van der Waals surface area (Å²) < 4.78 is 5.46. The van der Waals surface area contributed by atoms with Crippen LogP contribution in [0.3, 0.4) is 0 Å². The van der Waals surface area contributed by atoms with Gasteiger partial charge in [0.1, 0.15) is 5.75 Å². The molecule has 0 radical (unpaired) electrons. The first kappa shape index (κ1) is 19.5. The zero-order valence-corrected chi connectivity index (χ0v) is 15.1. The van der Waals surface area contributed by atoms with E-state index >= 15 is 0 Å². The van der Waals surface area contributed by atoms with Gasteiger partial charge in [-0.1, -0.05) is 30.7 Å².